The normalized spacial score (nSPS) is 14.9. The third-order valence-corrected chi connectivity index (χ3v) is 6.60. The third-order valence-electron chi connectivity index (χ3n) is 4.48. The largest absolute Gasteiger partial charge is 0.479 e. The minimum absolute atomic E-state index is 0.197. The van der Waals surface area contributed by atoms with Crippen LogP contribution in [0.3, 0.4) is 0 Å². The predicted octanol–water partition coefficient (Wildman–Crippen LogP) is 2.95. The maximum Gasteiger partial charge on any atom is 0.267 e. The molecule has 1 heterocycles. The first-order valence-electron chi connectivity index (χ1n) is 8.50. The van der Waals surface area contributed by atoms with Gasteiger partial charge in [0.05, 0.1) is 9.92 Å². The molecule has 2 aromatic carbocycles. The summed E-state index contributed by atoms with van der Waals surface area (Å²) in [5.41, 5.74) is 1.54. The number of rotatable bonds is 5. The quantitative estimate of drug-likeness (QED) is 0.762. The molecule has 0 saturated heterocycles. The lowest BCUT2D eigenvalue weighted by atomic mass is 10.2. The second kappa shape index (κ2) is 7.50. The number of para-hydroxylation sites is 1. The molecule has 8 heteroatoms. The van der Waals surface area contributed by atoms with Gasteiger partial charge in [-0.15, -0.1) is 0 Å². The maximum absolute atomic E-state index is 12.8. The number of nitrogens with zero attached hydrogens (tertiary/aromatic N) is 2. The topological polar surface area (TPSA) is 66.9 Å². The highest BCUT2D eigenvalue weighted by atomic mass is 35.5. The molecule has 1 aliphatic rings. The smallest absolute Gasteiger partial charge is 0.267 e. The highest BCUT2D eigenvalue weighted by molar-refractivity contribution is 7.89. The first-order chi connectivity index (χ1) is 12.7. The zero-order chi connectivity index (χ0) is 19.8. The summed E-state index contributed by atoms with van der Waals surface area (Å²) in [6.07, 6.45) is -0.127. The van der Waals surface area contributed by atoms with Crippen LogP contribution in [0.1, 0.15) is 12.5 Å². The van der Waals surface area contributed by atoms with E-state index in [0.29, 0.717) is 29.4 Å². The number of halogens is 1. The van der Waals surface area contributed by atoms with Crippen molar-refractivity contribution < 1.29 is 17.9 Å². The predicted molar refractivity (Wildman–Crippen MR) is 105 cm³/mol. The Morgan fingerprint density at radius 2 is 1.93 bits per heavy atom. The van der Waals surface area contributed by atoms with Crippen LogP contribution in [0, 0.1) is 0 Å². The summed E-state index contributed by atoms with van der Waals surface area (Å²) in [7, 11) is -0.523. The van der Waals surface area contributed by atoms with E-state index in [0.717, 1.165) is 5.56 Å². The number of hydrogen-bond acceptors (Lipinski definition) is 4. The summed E-state index contributed by atoms with van der Waals surface area (Å²) in [4.78, 5) is 14.7. The number of carbonyl (C=O) groups excluding carboxylic acids is 1. The van der Waals surface area contributed by atoms with Crippen molar-refractivity contribution in [2.75, 3.05) is 25.5 Å². The molecule has 6 nitrogen and oxygen atoms in total. The van der Waals surface area contributed by atoms with Crippen molar-refractivity contribution in [2.45, 2.75) is 24.3 Å². The molecule has 144 valence electrons. The Morgan fingerprint density at radius 3 is 2.59 bits per heavy atom. The van der Waals surface area contributed by atoms with Crippen molar-refractivity contribution >= 4 is 33.2 Å². The molecule has 0 bridgehead atoms. The lowest BCUT2D eigenvalue weighted by Gasteiger charge is -2.23. The van der Waals surface area contributed by atoms with Crippen molar-refractivity contribution in [3.8, 4) is 5.75 Å². The van der Waals surface area contributed by atoms with Crippen molar-refractivity contribution in [3.63, 3.8) is 0 Å². The van der Waals surface area contributed by atoms with Gasteiger partial charge in [0.25, 0.3) is 5.91 Å². The van der Waals surface area contributed by atoms with Crippen molar-refractivity contribution in [3.05, 3.63) is 53.1 Å². The van der Waals surface area contributed by atoms with E-state index in [1.54, 1.807) is 48.2 Å². The Hall–Kier alpha value is -2.09. The maximum atomic E-state index is 12.8. The Morgan fingerprint density at radius 1 is 1.22 bits per heavy atom. The molecular formula is C19H21ClN2O4S. The standard InChI is InChI=1S/C19H21ClN2O4S/c1-13(26-18-7-5-4-6-16(18)20)19(23)22-11-10-14-12-15(8-9-17(14)22)27(24,25)21(2)3/h4-9,12-13H,10-11H2,1-3H3/t13-/m0/s1. The third kappa shape index (κ3) is 3.81. The van der Waals surface area contributed by atoms with Gasteiger partial charge in [0.1, 0.15) is 5.75 Å². The number of amides is 1. The molecule has 27 heavy (non-hydrogen) atoms. The molecule has 0 aromatic heterocycles. The molecule has 0 spiro atoms. The number of hydrogen-bond donors (Lipinski definition) is 0. The van der Waals surface area contributed by atoms with Crippen LogP contribution in [0.15, 0.2) is 47.4 Å². The van der Waals surface area contributed by atoms with Gasteiger partial charge in [-0.3, -0.25) is 4.79 Å². The number of fused-ring (bicyclic) bond motifs is 1. The van der Waals surface area contributed by atoms with Crippen LogP contribution in [-0.2, 0) is 21.2 Å². The van der Waals surface area contributed by atoms with Gasteiger partial charge >= 0.3 is 0 Å². The van der Waals surface area contributed by atoms with Crippen LogP contribution < -0.4 is 9.64 Å². The van der Waals surface area contributed by atoms with Crippen LogP contribution in [0.5, 0.6) is 5.75 Å². The number of benzene rings is 2. The van der Waals surface area contributed by atoms with E-state index in [-0.39, 0.29) is 10.8 Å². The number of anilines is 1. The van der Waals surface area contributed by atoms with Crippen LogP contribution in [0.25, 0.3) is 0 Å². The molecule has 1 atom stereocenters. The Balaban J connectivity index is 1.81. The summed E-state index contributed by atoms with van der Waals surface area (Å²) < 4.78 is 31.5. The van der Waals surface area contributed by atoms with E-state index >= 15 is 0 Å². The zero-order valence-electron chi connectivity index (χ0n) is 15.3. The highest BCUT2D eigenvalue weighted by Gasteiger charge is 2.30. The monoisotopic (exact) mass is 408 g/mol. The summed E-state index contributed by atoms with van der Waals surface area (Å²) in [6.45, 7) is 2.16. The van der Waals surface area contributed by atoms with E-state index < -0.39 is 16.1 Å². The fourth-order valence-corrected chi connectivity index (χ4v) is 4.11. The van der Waals surface area contributed by atoms with Crippen molar-refractivity contribution in [2.24, 2.45) is 0 Å². The fraction of sp³-hybridized carbons (Fsp3) is 0.316. The average Bonchev–Trinajstić information content (AvgIpc) is 3.05. The summed E-state index contributed by atoms with van der Waals surface area (Å²) in [5.74, 6) is 0.253. The van der Waals surface area contributed by atoms with E-state index in [4.69, 9.17) is 16.3 Å². The molecule has 0 radical (unpaired) electrons. The minimum atomic E-state index is -3.51. The average molecular weight is 409 g/mol. The first kappa shape index (κ1) is 19.7. The molecule has 0 saturated carbocycles. The minimum Gasteiger partial charge on any atom is -0.479 e. The van der Waals surface area contributed by atoms with Gasteiger partial charge in [0.2, 0.25) is 10.0 Å². The molecular weight excluding hydrogens is 388 g/mol. The Bertz CT molecular complexity index is 975. The molecule has 1 amide bonds. The highest BCUT2D eigenvalue weighted by Crippen LogP contribution is 2.32. The second-order valence-corrected chi connectivity index (χ2v) is 9.07. The Kier molecular flexibility index (Phi) is 5.46. The second-order valence-electron chi connectivity index (χ2n) is 6.51. The summed E-state index contributed by atoms with van der Waals surface area (Å²) >= 11 is 6.09. The molecule has 2 aromatic rings. The molecule has 0 N–H and O–H groups in total. The van der Waals surface area contributed by atoms with E-state index in [2.05, 4.69) is 0 Å². The number of ether oxygens (including phenoxy) is 1. The molecule has 3 rings (SSSR count). The van der Waals surface area contributed by atoms with Crippen molar-refractivity contribution in [1.29, 1.82) is 0 Å². The lowest BCUT2D eigenvalue weighted by Crippen LogP contribution is -2.39. The lowest BCUT2D eigenvalue weighted by molar-refractivity contribution is -0.124. The van der Waals surface area contributed by atoms with Crippen LogP contribution in [-0.4, -0.2) is 45.4 Å². The Labute approximate surface area is 164 Å². The fourth-order valence-electron chi connectivity index (χ4n) is 2.98. The van der Waals surface area contributed by atoms with Gasteiger partial charge in [0, 0.05) is 26.3 Å². The van der Waals surface area contributed by atoms with Crippen LogP contribution in [0.4, 0.5) is 5.69 Å². The summed E-state index contributed by atoms with van der Waals surface area (Å²) in [6, 6.07) is 11.8. The van der Waals surface area contributed by atoms with E-state index in [1.165, 1.54) is 24.5 Å². The van der Waals surface area contributed by atoms with Crippen LogP contribution in [0.2, 0.25) is 5.02 Å². The van der Waals surface area contributed by atoms with Crippen molar-refractivity contribution in [1.82, 2.24) is 4.31 Å². The van der Waals surface area contributed by atoms with Crippen LogP contribution >= 0.6 is 11.6 Å². The SMILES string of the molecule is C[C@H](Oc1ccccc1Cl)C(=O)N1CCc2cc(S(=O)(=O)N(C)C)ccc21. The van der Waals surface area contributed by atoms with Gasteiger partial charge in [-0.05, 0) is 49.2 Å². The van der Waals surface area contributed by atoms with Gasteiger partial charge in [-0.1, -0.05) is 23.7 Å². The van der Waals surface area contributed by atoms with Gasteiger partial charge in [0.15, 0.2) is 6.10 Å². The van der Waals surface area contributed by atoms with Gasteiger partial charge in [-0.25, -0.2) is 12.7 Å². The molecule has 0 fully saturated rings. The van der Waals surface area contributed by atoms with E-state index in [1.807, 2.05) is 0 Å². The first-order valence-corrected chi connectivity index (χ1v) is 10.3. The zero-order valence-corrected chi connectivity index (χ0v) is 16.9. The molecule has 0 unspecified atom stereocenters. The number of sulfonamides is 1. The van der Waals surface area contributed by atoms with Gasteiger partial charge < -0.3 is 9.64 Å². The molecule has 1 aliphatic heterocycles. The number of carbonyl (C=O) groups is 1. The van der Waals surface area contributed by atoms with E-state index in [9.17, 15) is 13.2 Å². The summed E-state index contributed by atoms with van der Waals surface area (Å²) in [5, 5.41) is 0.442. The van der Waals surface area contributed by atoms with Gasteiger partial charge in [-0.2, -0.15) is 0 Å². The molecule has 0 aliphatic carbocycles.